The topological polar surface area (TPSA) is 55.6 Å². The van der Waals surface area contributed by atoms with E-state index in [9.17, 15) is 0 Å². The number of hydrogen-bond donors (Lipinski definition) is 1. The van der Waals surface area contributed by atoms with Crippen molar-refractivity contribution in [1.82, 2.24) is 25.3 Å². The number of rotatable bonds is 4. The maximum atomic E-state index is 6.23. The fourth-order valence-corrected chi connectivity index (χ4v) is 2.45. The summed E-state index contributed by atoms with van der Waals surface area (Å²) in [4.78, 5) is 4.63. The fraction of sp³-hybridized carbons (Fsp3) is 0.267. The maximum Gasteiger partial charge on any atom is 0.156 e. The summed E-state index contributed by atoms with van der Waals surface area (Å²) in [5.74, 6) is 0.737. The first-order valence-electron chi connectivity index (χ1n) is 7.01. The SMILES string of the molecule is Clc1ccc(-n2nnc3ccccc32)nc1CNC1CC1. The minimum atomic E-state index is 0.624. The molecule has 0 bridgehead atoms. The van der Waals surface area contributed by atoms with Gasteiger partial charge in [-0.15, -0.1) is 5.10 Å². The molecule has 1 N–H and O–H groups in total. The van der Waals surface area contributed by atoms with Crippen LogP contribution in [0.3, 0.4) is 0 Å². The molecule has 0 amide bonds. The Kier molecular flexibility index (Phi) is 3.09. The van der Waals surface area contributed by atoms with Crippen molar-refractivity contribution in [2.45, 2.75) is 25.4 Å². The number of nitrogens with one attached hydrogen (secondary N) is 1. The third-order valence-corrected chi connectivity index (χ3v) is 3.95. The van der Waals surface area contributed by atoms with Crippen LogP contribution < -0.4 is 5.32 Å². The summed E-state index contributed by atoms with van der Waals surface area (Å²) in [5, 5.41) is 12.4. The summed E-state index contributed by atoms with van der Waals surface area (Å²) < 4.78 is 1.74. The van der Waals surface area contributed by atoms with E-state index in [1.807, 2.05) is 36.4 Å². The molecule has 0 saturated heterocycles. The molecule has 106 valence electrons. The van der Waals surface area contributed by atoms with E-state index in [1.165, 1.54) is 12.8 Å². The Morgan fingerprint density at radius 3 is 2.90 bits per heavy atom. The van der Waals surface area contributed by atoms with Crippen LogP contribution in [0, 0.1) is 0 Å². The largest absolute Gasteiger partial charge is 0.308 e. The van der Waals surface area contributed by atoms with Crippen molar-refractivity contribution < 1.29 is 0 Å². The molecular weight excluding hydrogens is 286 g/mol. The average Bonchev–Trinajstić information content (AvgIpc) is 3.24. The van der Waals surface area contributed by atoms with E-state index in [2.05, 4.69) is 20.6 Å². The van der Waals surface area contributed by atoms with E-state index in [1.54, 1.807) is 4.68 Å². The van der Waals surface area contributed by atoms with Gasteiger partial charge >= 0.3 is 0 Å². The summed E-state index contributed by atoms with van der Waals surface area (Å²) in [5.41, 5.74) is 2.64. The Hall–Kier alpha value is -1.98. The number of benzene rings is 1. The second-order valence-corrected chi connectivity index (χ2v) is 5.65. The highest BCUT2D eigenvalue weighted by atomic mass is 35.5. The lowest BCUT2D eigenvalue weighted by Gasteiger charge is -2.08. The van der Waals surface area contributed by atoms with Gasteiger partial charge in [-0.05, 0) is 37.1 Å². The molecule has 4 rings (SSSR count). The smallest absolute Gasteiger partial charge is 0.156 e. The van der Waals surface area contributed by atoms with Crippen molar-refractivity contribution in [1.29, 1.82) is 0 Å². The van der Waals surface area contributed by atoms with Crippen molar-refractivity contribution in [2.75, 3.05) is 0 Å². The van der Waals surface area contributed by atoms with Crippen LogP contribution in [0.1, 0.15) is 18.5 Å². The zero-order valence-corrected chi connectivity index (χ0v) is 12.1. The lowest BCUT2D eigenvalue weighted by Crippen LogP contribution is -2.17. The van der Waals surface area contributed by atoms with E-state index in [4.69, 9.17) is 11.6 Å². The highest BCUT2D eigenvalue weighted by Gasteiger charge is 2.21. The third kappa shape index (κ3) is 2.50. The lowest BCUT2D eigenvalue weighted by molar-refractivity contribution is 0.670. The summed E-state index contributed by atoms with van der Waals surface area (Å²) >= 11 is 6.23. The van der Waals surface area contributed by atoms with Crippen LogP contribution in [-0.4, -0.2) is 26.0 Å². The molecule has 1 fully saturated rings. The number of pyridine rings is 1. The van der Waals surface area contributed by atoms with Gasteiger partial charge in [-0.1, -0.05) is 28.9 Å². The third-order valence-electron chi connectivity index (χ3n) is 3.61. The standard InChI is InChI=1S/C15H14ClN5/c16-11-7-8-15(18-13(11)9-17-10-5-6-10)21-14-4-2-1-3-12(14)19-20-21/h1-4,7-8,10,17H,5-6,9H2. The van der Waals surface area contributed by atoms with Gasteiger partial charge in [-0.25, -0.2) is 4.98 Å². The van der Waals surface area contributed by atoms with Crippen LogP contribution in [0.5, 0.6) is 0 Å². The van der Waals surface area contributed by atoms with Crippen molar-refractivity contribution in [3.05, 3.63) is 47.1 Å². The molecule has 5 nitrogen and oxygen atoms in total. The number of fused-ring (bicyclic) bond motifs is 1. The minimum absolute atomic E-state index is 0.624. The Balaban J connectivity index is 1.72. The van der Waals surface area contributed by atoms with Gasteiger partial charge in [0.1, 0.15) is 5.52 Å². The van der Waals surface area contributed by atoms with Crippen molar-refractivity contribution in [3.63, 3.8) is 0 Å². The fourth-order valence-electron chi connectivity index (χ4n) is 2.28. The van der Waals surface area contributed by atoms with E-state index < -0.39 is 0 Å². The van der Waals surface area contributed by atoms with Crippen molar-refractivity contribution in [2.24, 2.45) is 0 Å². The molecule has 0 atom stereocenters. The highest BCUT2D eigenvalue weighted by Crippen LogP contribution is 2.22. The predicted octanol–water partition coefficient (Wildman–Crippen LogP) is 2.72. The molecule has 0 spiro atoms. The highest BCUT2D eigenvalue weighted by molar-refractivity contribution is 6.31. The summed E-state index contributed by atoms with van der Waals surface area (Å²) in [6, 6.07) is 12.2. The van der Waals surface area contributed by atoms with Gasteiger partial charge in [0.15, 0.2) is 5.82 Å². The Bertz CT molecular complexity index is 794. The number of para-hydroxylation sites is 1. The first kappa shape index (κ1) is 12.7. The number of hydrogen-bond acceptors (Lipinski definition) is 4. The molecule has 6 heteroatoms. The molecule has 0 aliphatic heterocycles. The van der Waals surface area contributed by atoms with Gasteiger partial charge in [-0.3, -0.25) is 0 Å². The second-order valence-electron chi connectivity index (χ2n) is 5.24. The van der Waals surface area contributed by atoms with E-state index in [0.29, 0.717) is 17.6 Å². The molecule has 1 aliphatic rings. The van der Waals surface area contributed by atoms with Gasteiger partial charge in [0, 0.05) is 12.6 Å². The molecule has 1 saturated carbocycles. The van der Waals surface area contributed by atoms with Crippen LogP contribution in [0.2, 0.25) is 5.02 Å². The zero-order chi connectivity index (χ0) is 14.2. The quantitative estimate of drug-likeness (QED) is 0.805. The summed E-state index contributed by atoms with van der Waals surface area (Å²) in [6.45, 7) is 0.684. The molecule has 3 aromatic rings. The molecular formula is C15H14ClN5. The maximum absolute atomic E-state index is 6.23. The molecule has 1 aliphatic carbocycles. The van der Waals surface area contributed by atoms with Crippen LogP contribution in [0.15, 0.2) is 36.4 Å². The normalized spacial score (nSPS) is 14.7. The molecule has 0 radical (unpaired) electrons. The minimum Gasteiger partial charge on any atom is -0.308 e. The summed E-state index contributed by atoms with van der Waals surface area (Å²) in [7, 11) is 0. The zero-order valence-electron chi connectivity index (χ0n) is 11.3. The first-order valence-corrected chi connectivity index (χ1v) is 7.39. The molecule has 2 aromatic heterocycles. The number of aromatic nitrogens is 4. The molecule has 2 heterocycles. The first-order chi connectivity index (χ1) is 10.3. The number of halogens is 1. The molecule has 1 aromatic carbocycles. The van der Waals surface area contributed by atoms with E-state index >= 15 is 0 Å². The van der Waals surface area contributed by atoms with Crippen molar-refractivity contribution in [3.8, 4) is 5.82 Å². The predicted molar refractivity (Wildman–Crippen MR) is 81.5 cm³/mol. The van der Waals surface area contributed by atoms with Gasteiger partial charge in [-0.2, -0.15) is 4.68 Å². The van der Waals surface area contributed by atoms with E-state index in [-0.39, 0.29) is 0 Å². The summed E-state index contributed by atoms with van der Waals surface area (Å²) in [6.07, 6.45) is 2.48. The van der Waals surface area contributed by atoms with Gasteiger partial charge in [0.2, 0.25) is 0 Å². The van der Waals surface area contributed by atoms with Crippen LogP contribution >= 0.6 is 11.6 Å². The Labute approximate surface area is 126 Å². The Morgan fingerprint density at radius 1 is 1.19 bits per heavy atom. The lowest BCUT2D eigenvalue weighted by atomic mass is 10.3. The van der Waals surface area contributed by atoms with Gasteiger partial charge in [0.25, 0.3) is 0 Å². The van der Waals surface area contributed by atoms with Gasteiger partial charge < -0.3 is 5.32 Å². The Morgan fingerprint density at radius 2 is 2.05 bits per heavy atom. The molecule has 0 unspecified atom stereocenters. The second kappa shape index (κ2) is 5.09. The van der Waals surface area contributed by atoms with Crippen molar-refractivity contribution >= 4 is 22.6 Å². The molecule has 21 heavy (non-hydrogen) atoms. The van der Waals surface area contributed by atoms with Gasteiger partial charge in [0.05, 0.1) is 16.2 Å². The van der Waals surface area contributed by atoms with E-state index in [0.717, 1.165) is 22.5 Å². The van der Waals surface area contributed by atoms with Crippen LogP contribution in [0.4, 0.5) is 0 Å². The number of nitrogens with zero attached hydrogens (tertiary/aromatic N) is 4. The van der Waals surface area contributed by atoms with Crippen LogP contribution in [0.25, 0.3) is 16.9 Å². The van der Waals surface area contributed by atoms with Crippen LogP contribution in [-0.2, 0) is 6.54 Å². The average molecular weight is 300 g/mol. The monoisotopic (exact) mass is 299 g/mol.